The van der Waals surface area contributed by atoms with E-state index in [1.807, 2.05) is 26.0 Å². The Kier molecular flexibility index (Phi) is 14.6. The summed E-state index contributed by atoms with van der Waals surface area (Å²) < 4.78 is 10.7. The number of benzene rings is 1. The van der Waals surface area contributed by atoms with E-state index >= 15 is 0 Å². The van der Waals surface area contributed by atoms with Gasteiger partial charge in [0, 0.05) is 39.5 Å². The first-order chi connectivity index (χ1) is 13.3. The summed E-state index contributed by atoms with van der Waals surface area (Å²) >= 11 is 0. The van der Waals surface area contributed by atoms with Crippen molar-refractivity contribution >= 4 is 11.4 Å². The van der Waals surface area contributed by atoms with Crippen LogP contribution in [0.2, 0.25) is 0 Å². The van der Waals surface area contributed by atoms with Crippen LogP contribution < -0.4 is 10.6 Å². The van der Waals surface area contributed by atoms with E-state index in [-0.39, 0.29) is 0 Å². The average Bonchev–Trinajstić information content (AvgIpc) is 2.67. The quantitative estimate of drug-likeness (QED) is 0.235. The number of para-hydroxylation sites is 1. The fourth-order valence-electron chi connectivity index (χ4n) is 2.96. The van der Waals surface area contributed by atoms with E-state index in [9.17, 15) is 5.11 Å². The number of unbranched alkanes of at least 4 members (excludes halogenated alkanes) is 6. The smallest absolute Gasteiger partial charge is 0.140 e. The van der Waals surface area contributed by atoms with E-state index in [1.54, 1.807) is 6.07 Å². The monoisotopic (exact) mass is 380 g/mol. The number of hydrogen-bond acceptors (Lipinski definition) is 5. The molecule has 0 aliphatic carbocycles. The summed E-state index contributed by atoms with van der Waals surface area (Å²) in [7, 11) is 0. The SMILES string of the molecule is CCOCCCCCCNc1cccc(O)c1NCCCCCCOCC. The summed E-state index contributed by atoms with van der Waals surface area (Å²) in [6.45, 7) is 9.21. The van der Waals surface area contributed by atoms with Crippen molar-refractivity contribution < 1.29 is 14.6 Å². The van der Waals surface area contributed by atoms with Crippen LogP contribution in [0.25, 0.3) is 0 Å². The van der Waals surface area contributed by atoms with E-state index in [2.05, 4.69) is 10.6 Å². The van der Waals surface area contributed by atoms with Gasteiger partial charge >= 0.3 is 0 Å². The van der Waals surface area contributed by atoms with Gasteiger partial charge in [-0.1, -0.05) is 31.7 Å². The summed E-state index contributed by atoms with van der Waals surface area (Å²) in [5.41, 5.74) is 1.81. The summed E-state index contributed by atoms with van der Waals surface area (Å²) in [5, 5.41) is 17.0. The lowest BCUT2D eigenvalue weighted by atomic mass is 10.1. The molecule has 0 unspecified atom stereocenters. The summed E-state index contributed by atoms with van der Waals surface area (Å²) in [5.74, 6) is 0.313. The van der Waals surface area contributed by atoms with Gasteiger partial charge in [-0.2, -0.15) is 0 Å². The second-order valence-electron chi connectivity index (χ2n) is 6.78. The molecule has 27 heavy (non-hydrogen) atoms. The summed E-state index contributed by atoms with van der Waals surface area (Å²) in [4.78, 5) is 0. The Morgan fingerprint density at radius 3 is 1.89 bits per heavy atom. The highest BCUT2D eigenvalue weighted by atomic mass is 16.5. The zero-order chi connectivity index (χ0) is 19.6. The fourth-order valence-corrected chi connectivity index (χ4v) is 2.96. The Balaban J connectivity index is 2.21. The van der Waals surface area contributed by atoms with Crippen LogP contribution in [0.1, 0.15) is 65.2 Å². The van der Waals surface area contributed by atoms with Crippen molar-refractivity contribution in [3.05, 3.63) is 18.2 Å². The molecule has 0 radical (unpaired) electrons. The highest BCUT2D eigenvalue weighted by molar-refractivity contribution is 5.75. The molecule has 3 N–H and O–H groups in total. The Labute approximate surface area is 165 Å². The van der Waals surface area contributed by atoms with Crippen molar-refractivity contribution in [3.63, 3.8) is 0 Å². The van der Waals surface area contributed by atoms with Crippen molar-refractivity contribution in [3.8, 4) is 5.75 Å². The number of ether oxygens (including phenoxy) is 2. The predicted octanol–water partition coefficient (Wildman–Crippen LogP) is 5.41. The molecule has 0 amide bonds. The molecule has 0 saturated carbocycles. The molecule has 0 aliphatic heterocycles. The van der Waals surface area contributed by atoms with Crippen LogP contribution in [-0.4, -0.2) is 44.6 Å². The minimum absolute atomic E-state index is 0.313. The van der Waals surface area contributed by atoms with Gasteiger partial charge in [-0.05, 0) is 51.7 Å². The maximum atomic E-state index is 10.2. The number of anilines is 2. The van der Waals surface area contributed by atoms with E-state index in [1.165, 1.54) is 25.7 Å². The molecule has 0 heterocycles. The second-order valence-corrected chi connectivity index (χ2v) is 6.78. The topological polar surface area (TPSA) is 62.8 Å². The van der Waals surface area contributed by atoms with Crippen LogP contribution in [0, 0.1) is 0 Å². The maximum absolute atomic E-state index is 10.2. The third-order valence-electron chi connectivity index (χ3n) is 4.50. The van der Waals surface area contributed by atoms with Gasteiger partial charge in [0.1, 0.15) is 11.4 Å². The molecular weight excluding hydrogens is 340 g/mol. The Morgan fingerprint density at radius 2 is 1.30 bits per heavy atom. The number of phenolic OH excluding ortho intramolecular Hbond substituents is 1. The molecule has 156 valence electrons. The molecule has 1 aromatic rings. The van der Waals surface area contributed by atoms with Crippen molar-refractivity contribution in [1.82, 2.24) is 0 Å². The van der Waals surface area contributed by atoms with Gasteiger partial charge in [0.15, 0.2) is 0 Å². The highest BCUT2D eigenvalue weighted by Gasteiger charge is 2.06. The predicted molar refractivity (Wildman–Crippen MR) is 115 cm³/mol. The first-order valence-electron chi connectivity index (χ1n) is 10.7. The molecule has 0 spiro atoms. The van der Waals surface area contributed by atoms with Crippen molar-refractivity contribution in [2.45, 2.75) is 65.2 Å². The Bertz CT molecular complexity index is 469. The number of nitrogens with one attached hydrogen (secondary N) is 2. The minimum Gasteiger partial charge on any atom is -0.506 e. The standard InChI is InChI=1S/C22H40N2O3/c1-3-26-18-11-7-5-9-16-23-20-14-13-15-21(25)22(20)24-17-10-6-8-12-19-27-4-2/h13-15,23-25H,3-12,16-19H2,1-2H3. The lowest BCUT2D eigenvalue weighted by Gasteiger charge is -2.15. The zero-order valence-corrected chi connectivity index (χ0v) is 17.4. The molecule has 0 bridgehead atoms. The maximum Gasteiger partial charge on any atom is 0.140 e. The Morgan fingerprint density at radius 1 is 0.741 bits per heavy atom. The molecular formula is C22H40N2O3. The van der Waals surface area contributed by atoms with Gasteiger partial charge in [-0.3, -0.25) is 0 Å². The normalized spacial score (nSPS) is 10.9. The van der Waals surface area contributed by atoms with E-state index in [4.69, 9.17) is 9.47 Å². The third kappa shape index (κ3) is 11.8. The van der Waals surface area contributed by atoms with Crippen LogP contribution in [0.3, 0.4) is 0 Å². The number of rotatable bonds is 18. The number of phenols is 1. The molecule has 0 atom stereocenters. The van der Waals surface area contributed by atoms with Gasteiger partial charge < -0.3 is 25.2 Å². The summed E-state index contributed by atoms with van der Waals surface area (Å²) in [6, 6.07) is 5.65. The average molecular weight is 381 g/mol. The Hall–Kier alpha value is -1.46. The van der Waals surface area contributed by atoms with Crippen LogP contribution in [0.5, 0.6) is 5.75 Å². The third-order valence-corrected chi connectivity index (χ3v) is 4.50. The van der Waals surface area contributed by atoms with Crippen molar-refractivity contribution in [2.24, 2.45) is 0 Å². The molecule has 0 saturated heterocycles. The lowest BCUT2D eigenvalue weighted by molar-refractivity contribution is 0.143. The van der Waals surface area contributed by atoms with Gasteiger partial charge in [0.25, 0.3) is 0 Å². The summed E-state index contributed by atoms with van der Waals surface area (Å²) in [6.07, 6.45) is 9.26. The molecule has 5 heteroatoms. The van der Waals surface area contributed by atoms with E-state index < -0.39 is 0 Å². The number of aromatic hydroxyl groups is 1. The van der Waals surface area contributed by atoms with Crippen LogP contribution in [-0.2, 0) is 9.47 Å². The van der Waals surface area contributed by atoms with Crippen molar-refractivity contribution in [1.29, 1.82) is 0 Å². The van der Waals surface area contributed by atoms with Crippen molar-refractivity contribution in [2.75, 3.05) is 50.2 Å². The van der Waals surface area contributed by atoms with Crippen LogP contribution in [0.4, 0.5) is 11.4 Å². The van der Waals surface area contributed by atoms with E-state index in [0.29, 0.717) is 5.75 Å². The fraction of sp³-hybridized carbons (Fsp3) is 0.727. The number of hydrogen-bond donors (Lipinski definition) is 3. The molecule has 0 aliphatic rings. The first-order valence-corrected chi connectivity index (χ1v) is 10.7. The lowest BCUT2D eigenvalue weighted by Crippen LogP contribution is -2.08. The van der Waals surface area contributed by atoms with E-state index in [0.717, 1.165) is 76.6 Å². The van der Waals surface area contributed by atoms with Crippen LogP contribution >= 0.6 is 0 Å². The molecule has 1 aromatic carbocycles. The molecule has 0 fully saturated rings. The molecule has 1 rings (SSSR count). The zero-order valence-electron chi connectivity index (χ0n) is 17.4. The largest absolute Gasteiger partial charge is 0.506 e. The van der Waals surface area contributed by atoms with Gasteiger partial charge in [0.05, 0.1) is 5.69 Å². The highest BCUT2D eigenvalue weighted by Crippen LogP contribution is 2.31. The second kappa shape index (κ2) is 16.7. The van der Waals surface area contributed by atoms with Crippen LogP contribution in [0.15, 0.2) is 18.2 Å². The van der Waals surface area contributed by atoms with Gasteiger partial charge in [0.2, 0.25) is 0 Å². The van der Waals surface area contributed by atoms with Gasteiger partial charge in [-0.15, -0.1) is 0 Å². The van der Waals surface area contributed by atoms with Gasteiger partial charge in [-0.25, -0.2) is 0 Å². The molecule has 5 nitrogen and oxygen atoms in total. The minimum atomic E-state index is 0.313. The first kappa shape index (κ1) is 23.6. The molecule has 0 aromatic heterocycles.